The summed E-state index contributed by atoms with van der Waals surface area (Å²) >= 11 is 4.92. The van der Waals surface area contributed by atoms with Crippen molar-refractivity contribution in [2.24, 2.45) is 17.1 Å². The van der Waals surface area contributed by atoms with E-state index >= 15 is 0 Å². The number of hydrogen-bond donors (Lipinski definition) is 1. The first-order chi connectivity index (χ1) is 9.29. The van der Waals surface area contributed by atoms with E-state index in [0.717, 1.165) is 25.1 Å². The number of likely N-dealkylation sites (tertiary alicyclic amines) is 1. The van der Waals surface area contributed by atoms with Crippen LogP contribution >= 0.6 is 12.2 Å². The van der Waals surface area contributed by atoms with Gasteiger partial charge in [0.25, 0.3) is 5.91 Å². The molecular weight excluding hydrogens is 268 g/mol. The number of carbonyl (C=O) groups is 1. The van der Waals surface area contributed by atoms with Crippen molar-refractivity contribution in [1.82, 2.24) is 4.90 Å². The SMILES string of the molecule is CC(C)(C)C1CCN(C(=O)c2ccc(C(N)=S)cc2)C1. The second-order valence-corrected chi connectivity index (χ2v) is 6.98. The van der Waals surface area contributed by atoms with Gasteiger partial charge in [-0.25, -0.2) is 0 Å². The van der Waals surface area contributed by atoms with E-state index in [1.165, 1.54) is 0 Å². The zero-order valence-electron chi connectivity index (χ0n) is 12.3. The zero-order chi connectivity index (χ0) is 14.9. The van der Waals surface area contributed by atoms with Crippen LogP contribution in [-0.2, 0) is 0 Å². The van der Waals surface area contributed by atoms with Crippen LogP contribution in [0.2, 0.25) is 0 Å². The zero-order valence-corrected chi connectivity index (χ0v) is 13.2. The van der Waals surface area contributed by atoms with Crippen LogP contribution in [0, 0.1) is 11.3 Å². The fourth-order valence-corrected chi connectivity index (χ4v) is 2.75. The Morgan fingerprint density at radius 3 is 2.25 bits per heavy atom. The summed E-state index contributed by atoms with van der Waals surface area (Å²) in [5.74, 6) is 0.675. The van der Waals surface area contributed by atoms with Crippen LogP contribution in [0.15, 0.2) is 24.3 Å². The first-order valence-electron chi connectivity index (χ1n) is 6.98. The number of carbonyl (C=O) groups excluding carboxylic acids is 1. The number of thiocarbonyl (C=S) groups is 1. The summed E-state index contributed by atoms with van der Waals surface area (Å²) in [6.45, 7) is 8.41. The Kier molecular flexibility index (Phi) is 4.14. The molecule has 1 fully saturated rings. The van der Waals surface area contributed by atoms with E-state index in [-0.39, 0.29) is 11.3 Å². The Morgan fingerprint density at radius 1 is 1.25 bits per heavy atom. The van der Waals surface area contributed by atoms with E-state index in [0.29, 0.717) is 16.5 Å². The molecule has 20 heavy (non-hydrogen) atoms. The molecule has 1 saturated heterocycles. The maximum atomic E-state index is 12.5. The molecule has 2 rings (SSSR count). The van der Waals surface area contributed by atoms with Crippen LogP contribution in [0.5, 0.6) is 0 Å². The summed E-state index contributed by atoms with van der Waals surface area (Å²) in [7, 11) is 0. The fourth-order valence-electron chi connectivity index (χ4n) is 2.61. The molecule has 0 saturated carbocycles. The van der Waals surface area contributed by atoms with Gasteiger partial charge in [-0.15, -0.1) is 0 Å². The van der Waals surface area contributed by atoms with Crippen molar-refractivity contribution in [3.8, 4) is 0 Å². The summed E-state index contributed by atoms with van der Waals surface area (Å²) in [5, 5.41) is 0. The van der Waals surface area contributed by atoms with Crippen molar-refractivity contribution in [2.75, 3.05) is 13.1 Å². The third kappa shape index (κ3) is 3.18. The molecule has 2 N–H and O–H groups in total. The molecular formula is C16H22N2OS. The largest absolute Gasteiger partial charge is 0.389 e. The molecule has 4 heteroatoms. The van der Waals surface area contributed by atoms with Gasteiger partial charge in [0.15, 0.2) is 0 Å². The van der Waals surface area contributed by atoms with Gasteiger partial charge in [-0.2, -0.15) is 0 Å². The first-order valence-corrected chi connectivity index (χ1v) is 7.39. The van der Waals surface area contributed by atoms with Crippen LogP contribution in [0.1, 0.15) is 43.1 Å². The van der Waals surface area contributed by atoms with E-state index in [1.807, 2.05) is 17.0 Å². The molecule has 0 aliphatic carbocycles. The molecule has 0 radical (unpaired) electrons. The quantitative estimate of drug-likeness (QED) is 0.852. The van der Waals surface area contributed by atoms with Gasteiger partial charge in [-0.1, -0.05) is 45.1 Å². The lowest BCUT2D eigenvalue weighted by Gasteiger charge is -2.27. The molecule has 1 aromatic rings. The van der Waals surface area contributed by atoms with Crippen molar-refractivity contribution in [2.45, 2.75) is 27.2 Å². The molecule has 1 aliphatic heterocycles. The van der Waals surface area contributed by atoms with Gasteiger partial charge in [-0.3, -0.25) is 4.79 Å². The number of nitrogens with two attached hydrogens (primary N) is 1. The summed E-state index contributed by atoms with van der Waals surface area (Å²) < 4.78 is 0. The summed E-state index contributed by atoms with van der Waals surface area (Å²) in [6.07, 6.45) is 1.08. The Hall–Kier alpha value is -1.42. The van der Waals surface area contributed by atoms with Gasteiger partial charge < -0.3 is 10.6 Å². The lowest BCUT2D eigenvalue weighted by atomic mass is 9.80. The van der Waals surface area contributed by atoms with Gasteiger partial charge >= 0.3 is 0 Å². The van der Waals surface area contributed by atoms with E-state index in [2.05, 4.69) is 20.8 Å². The van der Waals surface area contributed by atoms with Gasteiger partial charge in [0.2, 0.25) is 0 Å². The standard InChI is InChI=1S/C16H22N2OS/c1-16(2,3)13-8-9-18(10-13)15(19)12-6-4-11(5-7-12)14(17)20/h4-7,13H,8-10H2,1-3H3,(H2,17,20). The Labute approximate surface area is 126 Å². The number of rotatable bonds is 2. The van der Waals surface area contributed by atoms with Crippen molar-refractivity contribution in [1.29, 1.82) is 0 Å². The Morgan fingerprint density at radius 2 is 1.80 bits per heavy atom. The van der Waals surface area contributed by atoms with E-state index in [9.17, 15) is 4.79 Å². The second kappa shape index (κ2) is 5.52. The van der Waals surface area contributed by atoms with Crippen LogP contribution < -0.4 is 5.73 Å². The molecule has 3 nitrogen and oxygen atoms in total. The summed E-state index contributed by atoms with van der Waals surface area (Å²) in [6, 6.07) is 7.24. The highest BCUT2D eigenvalue weighted by Crippen LogP contribution is 2.34. The van der Waals surface area contributed by atoms with Crippen molar-refractivity contribution >= 4 is 23.1 Å². The Bertz CT molecular complexity index is 516. The van der Waals surface area contributed by atoms with E-state index < -0.39 is 0 Å². The van der Waals surface area contributed by atoms with Crippen LogP contribution in [-0.4, -0.2) is 28.9 Å². The maximum Gasteiger partial charge on any atom is 0.253 e. The molecule has 0 aromatic heterocycles. The molecule has 1 amide bonds. The van der Waals surface area contributed by atoms with Crippen molar-refractivity contribution in [3.05, 3.63) is 35.4 Å². The number of benzene rings is 1. The van der Waals surface area contributed by atoms with Gasteiger partial charge in [0.05, 0.1) is 0 Å². The molecule has 0 bridgehead atoms. The first kappa shape index (κ1) is 15.0. The predicted molar refractivity (Wildman–Crippen MR) is 85.8 cm³/mol. The summed E-state index contributed by atoms with van der Waals surface area (Å²) in [4.78, 5) is 14.8. The van der Waals surface area contributed by atoms with Crippen molar-refractivity contribution < 1.29 is 4.79 Å². The fraction of sp³-hybridized carbons (Fsp3) is 0.500. The molecule has 1 unspecified atom stereocenters. The third-order valence-electron chi connectivity index (χ3n) is 4.12. The van der Waals surface area contributed by atoms with Crippen molar-refractivity contribution in [3.63, 3.8) is 0 Å². The maximum absolute atomic E-state index is 12.5. The van der Waals surface area contributed by atoms with Gasteiger partial charge in [-0.05, 0) is 29.9 Å². The molecule has 1 aromatic carbocycles. The van der Waals surface area contributed by atoms with Crippen LogP contribution in [0.4, 0.5) is 0 Å². The molecule has 1 heterocycles. The lowest BCUT2D eigenvalue weighted by Crippen LogP contribution is -2.31. The second-order valence-electron chi connectivity index (χ2n) is 6.54. The molecule has 0 spiro atoms. The highest BCUT2D eigenvalue weighted by molar-refractivity contribution is 7.80. The lowest BCUT2D eigenvalue weighted by molar-refractivity contribution is 0.0776. The number of amides is 1. The monoisotopic (exact) mass is 290 g/mol. The topological polar surface area (TPSA) is 46.3 Å². The smallest absolute Gasteiger partial charge is 0.253 e. The highest BCUT2D eigenvalue weighted by Gasteiger charge is 2.34. The molecule has 1 aliphatic rings. The molecule has 108 valence electrons. The number of hydrogen-bond acceptors (Lipinski definition) is 2. The average molecular weight is 290 g/mol. The minimum atomic E-state index is 0.103. The third-order valence-corrected chi connectivity index (χ3v) is 4.35. The minimum Gasteiger partial charge on any atom is -0.389 e. The Balaban J connectivity index is 2.07. The minimum absolute atomic E-state index is 0.103. The normalized spacial score (nSPS) is 19.1. The van der Waals surface area contributed by atoms with Gasteiger partial charge in [0, 0.05) is 24.2 Å². The van der Waals surface area contributed by atoms with E-state index in [1.54, 1.807) is 12.1 Å². The van der Waals surface area contributed by atoms with Crippen LogP contribution in [0.3, 0.4) is 0 Å². The van der Waals surface area contributed by atoms with Crippen LogP contribution in [0.25, 0.3) is 0 Å². The van der Waals surface area contributed by atoms with Gasteiger partial charge in [0.1, 0.15) is 4.99 Å². The predicted octanol–water partition coefficient (Wildman–Crippen LogP) is 2.83. The summed E-state index contributed by atoms with van der Waals surface area (Å²) in [5.41, 5.74) is 7.32. The number of nitrogens with zero attached hydrogens (tertiary/aromatic N) is 1. The highest BCUT2D eigenvalue weighted by atomic mass is 32.1. The van der Waals surface area contributed by atoms with E-state index in [4.69, 9.17) is 18.0 Å². The molecule has 1 atom stereocenters. The average Bonchev–Trinajstić information content (AvgIpc) is 2.87.